The third-order valence-corrected chi connectivity index (χ3v) is 5.25. The predicted molar refractivity (Wildman–Crippen MR) is 87.9 cm³/mol. The Balaban J connectivity index is 1.68. The molecule has 0 aromatic carbocycles. The lowest BCUT2D eigenvalue weighted by molar-refractivity contribution is 0.0667. The number of methoxy groups -OCH3 is 1. The number of ether oxygens (including phenoxy) is 1. The van der Waals surface area contributed by atoms with Gasteiger partial charge in [0.15, 0.2) is 0 Å². The molecule has 0 radical (unpaired) electrons. The lowest BCUT2D eigenvalue weighted by atomic mass is 9.85. The molecule has 1 aromatic rings. The Morgan fingerprint density at radius 1 is 1.05 bits per heavy atom. The molecule has 0 unspecified atom stereocenters. The van der Waals surface area contributed by atoms with E-state index in [2.05, 4.69) is 10.2 Å². The van der Waals surface area contributed by atoms with E-state index < -0.39 is 0 Å². The Kier molecular flexibility index (Phi) is 5.13. The highest BCUT2D eigenvalue weighted by Gasteiger charge is 2.22. The van der Waals surface area contributed by atoms with Crippen LogP contribution in [0, 0.1) is 0 Å². The molecular formula is C17H27N3O2. The van der Waals surface area contributed by atoms with Gasteiger partial charge in [0.2, 0.25) is 0 Å². The van der Waals surface area contributed by atoms with Gasteiger partial charge in [-0.3, -0.25) is 14.9 Å². The van der Waals surface area contributed by atoms with Crippen LogP contribution in [0.4, 0.5) is 0 Å². The highest BCUT2D eigenvalue weighted by molar-refractivity contribution is 5.81. The zero-order valence-electron chi connectivity index (χ0n) is 13.4. The first kappa shape index (κ1) is 15.5. The Bertz CT molecular complexity index is 546. The number of aromatic amines is 2. The smallest absolute Gasteiger partial charge is 0.272 e. The summed E-state index contributed by atoms with van der Waals surface area (Å²) in [7, 11) is 1.78. The van der Waals surface area contributed by atoms with Crippen molar-refractivity contribution in [3.63, 3.8) is 0 Å². The normalized spacial score (nSPS) is 27.5. The van der Waals surface area contributed by atoms with E-state index in [1.54, 1.807) is 7.11 Å². The van der Waals surface area contributed by atoms with Crippen molar-refractivity contribution in [2.45, 2.75) is 75.9 Å². The predicted octanol–water partition coefficient (Wildman–Crippen LogP) is 3.13. The maximum absolute atomic E-state index is 12.1. The van der Waals surface area contributed by atoms with Gasteiger partial charge in [0, 0.05) is 24.9 Å². The molecule has 0 bridgehead atoms. The molecule has 5 heteroatoms. The van der Waals surface area contributed by atoms with E-state index in [1.807, 2.05) is 6.21 Å². The molecule has 2 N–H and O–H groups in total. The molecule has 122 valence electrons. The lowest BCUT2D eigenvalue weighted by Crippen LogP contribution is -2.22. The second-order valence-corrected chi connectivity index (χ2v) is 6.69. The molecule has 2 aliphatic rings. The average molecular weight is 305 g/mol. The molecule has 1 aromatic heterocycles. The van der Waals surface area contributed by atoms with Gasteiger partial charge in [0.1, 0.15) is 0 Å². The number of rotatable bonds is 4. The van der Waals surface area contributed by atoms with Crippen LogP contribution >= 0.6 is 0 Å². The van der Waals surface area contributed by atoms with E-state index in [0.717, 1.165) is 36.9 Å². The van der Waals surface area contributed by atoms with E-state index in [1.165, 1.54) is 32.1 Å². The summed E-state index contributed by atoms with van der Waals surface area (Å²) in [5, 5.41) is 5.85. The fraction of sp³-hybridized carbons (Fsp3) is 0.765. The lowest BCUT2D eigenvalue weighted by Gasteiger charge is -2.25. The van der Waals surface area contributed by atoms with Gasteiger partial charge in [-0.1, -0.05) is 19.3 Å². The number of nitrogens with zero attached hydrogens (tertiary/aromatic N) is 1. The van der Waals surface area contributed by atoms with Crippen molar-refractivity contribution in [1.82, 2.24) is 10.2 Å². The van der Waals surface area contributed by atoms with E-state index in [0.29, 0.717) is 18.1 Å². The first-order valence-corrected chi connectivity index (χ1v) is 8.64. The van der Waals surface area contributed by atoms with Crippen LogP contribution in [0.2, 0.25) is 0 Å². The Hall–Kier alpha value is -1.36. The topological polar surface area (TPSA) is 70.2 Å². The van der Waals surface area contributed by atoms with Gasteiger partial charge in [-0.15, -0.1) is 0 Å². The summed E-state index contributed by atoms with van der Waals surface area (Å²) in [5.74, 6) is 0.485. The first-order valence-electron chi connectivity index (χ1n) is 8.64. The maximum atomic E-state index is 12.1. The molecule has 22 heavy (non-hydrogen) atoms. The molecule has 0 spiro atoms. The van der Waals surface area contributed by atoms with Gasteiger partial charge >= 0.3 is 0 Å². The fourth-order valence-electron chi connectivity index (χ4n) is 3.83. The van der Waals surface area contributed by atoms with Crippen LogP contribution in [0.3, 0.4) is 0 Å². The van der Waals surface area contributed by atoms with Crippen LogP contribution in [0.15, 0.2) is 9.79 Å². The standard InChI is InChI=1S/C17H27N3O2/c1-22-14-9-7-13(8-10-14)18-11-15-16(19-20-17(15)21)12-5-3-2-4-6-12/h11-14H,2-10H2,1H3,(H2,19,20,21). The van der Waals surface area contributed by atoms with E-state index >= 15 is 0 Å². The van der Waals surface area contributed by atoms with Gasteiger partial charge in [-0.2, -0.15) is 0 Å². The van der Waals surface area contributed by atoms with Crippen LogP contribution in [-0.2, 0) is 4.74 Å². The summed E-state index contributed by atoms with van der Waals surface area (Å²) in [6, 6.07) is 0.333. The molecular weight excluding hydrogens is 278 g/mol. The zero-order chi connectivity index (χ0) is 15.4. The first-order chi connectivity index (χ1) is 10.8. The van der Waals surface area contributed by atoms with Crippen LogP contribution in [0.5, 0.6) is 0 Å². The average Bonchev–Trinajstić information content (AvgIpc) is 2.95. The molecule has 0 saturated heterocycles. The molecule has 5 nitrogen and oxygen atoms in total. The molecule has 0 amide bonds. The Morgan fingerprint density at radius 3 is 2.45 bits per heavy atom. The minimum absolute atomic E-state index is 0.0325. The number of hydrogen-bond acceptors (Lipinski definition) is 3. The highest BCUT2D eigenvalue weighted by Crippen LogP contribution is 2.32. The quantitative estimate of drug-likeness (QED) is 0.839. The van der Waals surface area contributed by atoms with E-state index in [9.17, 15) is 4.79 Å². The highest BCUT2D eigenvalue weighted by atomic mass is 16.5. The molecule has 0 atom stereocenters. The second-order valence-electron chi connectivity index (χ2n) is 6.69. The third-order valence-electron chi connectivity index (χ3n) is 5.25. The van der Waals surface area contributed by atoms with Crippen LogP contribution in [-0.4, -0.2) is 35.7 Å². The number of aromatic nitrogens is 2. The zero-order valence-corrected chi connectivity index (χ0v) is 13.4. The SMILES string of the molecule is COC1CCC(N=Cc2c(C3CCCCC3)[nH][nH]c2=O)CC1. The van der Waals surface area contributed by atoms with Gasteiger partial charge in [0.25, 0.3) is 5.56 Å². The minimum Gasteiger partial charge on any atom is -0.381 e. The Morgan fingerprint density at radius 2 is 1.77 bits per heavy atom. The van der Waals surface area contributed by atoms with Crippen LogP contribution in [0.1, 0.15) is 75.0 Å². The van der Waals surface area contributed by atoms with Crippen molar-refractivity contribution in [3.05, 3.63) is 21.6 Å². The molecule has 2 fully saturated rings. The number of H-pyrrole nitrogens is 2. The fourth-order valence-corrected chi connectivity index (χ4v) is 3.83. The Labute approximate surface area is 131 Å². The van der Waals surface area contributed by atoms with Crippen LogP contribution < -0.4 is 5.56 Å². The number of hydrogen-bond donors (Lipinski definition) is 2. The van der Waals surface area contributed by atoms with Crippen molar-refractivity contribution in [2.24, 2.45) is 4.99 Å². The van der Waals surface area contributed by atoms with Crippen LogP contribution in [0.25, 0.3) is 0 Å². The largest absolute Gasteiger partial charge is 0.381 e. The monoisotopic (exact) mass is 305 g/mol. The molecule has 2 aliphatic carbocycles. The van der Waals surface area contributed by atoms with Gasteiger partial charge in [-0.25, -0.2) is 0 Å². The van der Waals surface area contributed by atoms with Crippen molar-refractivity contribution < 1.29 is 4.74 Å². The van der Waals surface area contributed by atoms with Gasteiger partial charge in [0.05, 0.1) is 17.7 Å². The van der Waals surface area contributed by atoms with E-state index in [-0.39, 0.29) is 5.56 Å². The maximum Gasteiger partial charge on any atom is 0.272 e. The number of aliphatic imine (C=N–C) groups is 1. The third kappa shape index (κ3) is 3.51. The molecule has 3 rings (SSSR count). The second kappa shape index (κ2) is 7.27. The molecule has 2 saturated carbocycles. The summed E-state index contributed by atoms with van der Waals surface area (Å²) in [4.78, 5) is 16.7. The summed E-state index contributed by atoms with van der Waals surface area (Å²) < 4.78 is 5.40. The van der Waals surface area contributed by atoms with E-state index in [4.69, 9.17) is 9.73 Å². The number of nitrogens with one attached hydrogen (secondary N) is 2. The van der Waals surface area contributed by atoms with Crippen molar-refractivity contribution >= 4 is 6.21 Å². The van der Waals surface area contributed by atoms with Crippen molar-refractivity contribution in [3.8, 4) is 0 Å². The summed E-state index contributed by atoms with van der Waals surface area (Å²) in [5.41, 5.74) is 1.79. The molecule has 0 aliphatic heterocycles. The summed E-state index contributed by atoms with van der Waals surface area (Å²) in [6.45, 7) is 0. The van der Waals surface area contributed by atoms with Gasteiger partial charge in [-0.05, 0) is 38.5 Å². The summed E-state index contributed by atoms with van der Waals surface area (Å²) in [6.07, 6.45) is 12.6. The summed E-state index contributed by atoms with van der Waals surface area (Å²) >= 11 is 0. The molecule has 1 heterocycles. The van der Waals surface area contributed by atoms with Gasteiger partial charge < -0.3 is 9.84 Å². The minimum atomic E-state index is -0.0325. The van der Waals surface area contributed by atoms with Crippen molar-refractivity contribution in [2.75, 3.05) is 7.11 Å². The van der Waals surface area contributed by atoms with Crippen molar-refractivity contribution in [1.29, 1.82) is 0 Å².